The van der Waals surface area contributed by atoms with Crippen LogP contribution in [0.25, 0.3) is 0 Å². The molecule has 2 aromatic rings. The Morgan fingerprint density at radius 3 is 2.42 bits per heavy atom. The van der Waals surface area contributed by atoms with Crippen molar-refractivity contribution < 1.29 is 13.6 Å². The van der Waals surface area contributed by atoms with Crippen LogP contribution in [0.5, 0.6) is 0 Å². The lowest BCUT2D eigenvalue weighted by Crippen LogP contribution is -2.08. The van der Waals surface area contributed by atoms with Crippen LogP contribution in [0.15, 0.2) is 36.4 Å². The number of Topliss-reactive ketones (excluding diaryl/α,β-unsaturated/α-hetero) is 1. The number of ketones is 1. The van der Waals surface area contributed by atoms with Gasteiger partial charge in [0.05, 0.1) is 5.02 Å². The summed E-state index contributed by atoms with van der Waals surface area (Å²) in [7, 11) is 0. The molecule has 98 valence electrons. The number of halogens is 3. The highest BCUT2D eigenvalue weighted by Crippen LogP contribution is 2.22. The lowest BCUT2D eigenvalue weighted by Gasteiger charge is -2.06. The number of nitrogen functional groups attached to an aromatic ring is 1. The molecule has 0 saturated heterocycles. The summed E-state index contributed by atoms with van der Waals surface area (Å²) >= 11 is 5.87. The first-order valence-corrected chi connectivity index (χ1v) is 5.88. The molecule has 19 heavy (non-hydrogen) atoms. The van der Waals surface area contributed by atoms with Gasteiger partial charge in [0.2, 0.25) is 0 Å². The van der Waals surface area contributed by atoms with Crippen LogP contribution in [0.4, 0.5) is 14.5 Å². The van der Waals surface area contributed by atoms with Crippen LogP contribution >= 0.6 is 11.6 Å². The molecule has 0 saturated carbocycles. The molecule has 0 aliphatic heterocycles. The molecule has 0 spiro atoms. The first-order chi connectivity index (χ1) is 8.99. The summed E-state index contributed by atoms with van der Waals surface area (Å²) in [5, 5.41) is 0.205. The molecule has 0 atom stereocenters. The zero-order chi connectivity index (χ0) is 14.0. The van der Waals surface area contributed by atoms with E-state index in [9.17, 15) is 13.6 Å². The maximum atomic E-state index is 13.5. The van der Waals surface area contributed by atoms with E-state index < -0.39 is 23.8 Å². The fourth-order valence-corrected chi connectivity index (χ4v) is 1.94. The van der Waals surface area contributed by atoms with Gasteiger partial charge in [0, 0.05) is 23.2 Å². The minimum atomic E-state index is -0.756. The van der Waals surface area contributed by atoms with E-state index in [0.29, 0.717) is 5.69 Å². The average Bonchev–Trinajstić information content (AvgIpc) is 2.37. The molecule has 0 aliphatic rings. The summed E-state index contributed by atoms with van der Waals surface area (Å²) in [5.41, 5.74) is 5.81. The average molecular weight is 282 g/mol. The third-order valence-electron chi connectivity index (χ3n) is 2.69. The monoisotopic (exact) mass is 281 g/mol. The molecule has 0 aromatic heterocycles. The Bertz CT molecular complexity index is 623. The summed E-state index contributed by atoms with van der Waals surface area (Å²) in [5.74, 6) is -2.00. The molecule has 0 aliphatic carbocycles. The van der Waals surface area contributed by atoms with Crippen LogP contribution in [0.2, 0.25) is 5.02 Å². The van der Waals surface area contributed by atoms with Gasteiger partial charge in [-0.05, 0) is 30.3 Å². The Morgan fingerprint density at radius 1 is 1.16 bits per heavy atom. The predicted molar refractivity (Wildman–Crippen MR) is 70.3 cm³/mol. The maximum absolute atomic E-state index is 13.5. The SMILES string of the molecule is Nc1ccc(Cl)c(C(=O)Cc2c(F)cccc2F)c1. The molecule has 0 bridgehead atoms. The third-order valence-corrected chi connectivity index (χ3v) is 3.02. The van der Waals surface area contributed by atoms with Crippen LogP contribution in [0, 0.1) is 11.6 Å². The molecule has 5 heteroatoms. The van der Waals surface area contributed by atoms with Crippen molar-refractivity contribution in [2.75, 3.05) is 5.73 Å². The molecule has 2 aromatic carbocycles. The second-order valence-electron chi connectivity index (χ2n) is 4.04. The Morgan fingerprint density at radius 2 is 1.79 bits per heavy atom. The Balaban J connectivity index is 2.34. The Hall–Kier alpha value is -1.94. The number of benzene rings is 2. The summed E-state index contributed by atoms with van der Waals surface area (Å²) in [6.45, 7) is 0. The van der Waals surface area contributed by atoms with E-state index >= 15 is 0 Å². The van der Waals surface area contributed by atoms with E-state index in [1.165, 1.54) is 18.2 Å². The van der Waals surface area contributed by atoms with Crippen molar-refractivity contribution in [3.05, 3.63) is 64.2 Å². The van der Waals surface area contributed by atoms with Gasteiger partial charge in [-0.25, -0.2) is 8.78 Å². The fraction of sp³-hybridized carbons (Fsp3) is 0.0714. The minimum absolute atomic E-state index is 0.157. The topological polar surface area (TPSA) is 43.1 Å². The summed E-state index contributed by atoms with van der Waals surface area (Å²) in [6, 6.07) is 7.86. The van der Waals surface area contributed by atoms with Crippen molar-refractivity contribution in [3.8, 4) is 0 Å². The molecule has 0 unspecified atom stereocenters. The third kappa shape index (κ3) is 2.90. The van der Waals surface area contributed by atoms with Gasteiger partial charge in [-0.1, -0.05) is 17.7 Å². The molecular formula is C14H10ClF2NO. The van der Waals surface area contributed by atoms with Crippen molar-refractivity contribution in [2.24, 2.45) is 0 Å². The number of hydrogen-bond donors (Lipinski definition) is 1. The van der Waals surface area contributed by atoms with Crippen molar-refractivity contribution in [2.45, 2.75) is 6.42 Å². The summed E-state index contributed by atoms with van der Waals surface area (Å²) in [4.78, 5) is 12.0. The van der Waals surface area contributed by atoms with Crippen molar-refractivity contribution in [1.29, 1.82) is 0 Å². The molecule has 2 nitrogen and oxygen atoms in total. The largest absolute Gasteiger partial charge is 0.399 e. The highest BCUT2D eigenvalue weighted by Gasteiger charge is 2.16. The standard InChI is InChI=1S/C14H10ClF2NO/c15-11-5-4-8(18)6-9(11)14(19)7-10-12(16)2-1-3-13(10)17/h1-6H,7,18H2. The molecule has 2 N–H and O–H groups in total. The van der Waals surface area contributed by atoms with Gasteiger partial charge in [-0.3, -0.25) is 4.79 Å². The van der Waals surface area contributed by atoms with E-state index in [1.54, 1.807) is 6.07 Å². The maximum Gasteiger partial charge on any atom is 0.169 e. The molecule has 0 amide bonds. The Labute approximate surface area is 113 Å². The predicted octanol–water partition coefficient (Wildman–Crippen LogP) is 3.63. The zero-order valence-corrected chi connectivity index (χ0v) is 10.5. The van der Waals surface area contributed by atoms with Gasteiger partial charge in [0.25, 0.3) is 0 Å². The molecule has 0 heterocycles. The zero-order valence-electron chi connectivity index (χ0n) is 9.79. The van der Waals surface area contributed by atoms with Crippen LogP contribution < -0.4 is 5.73 Å². The minimum Gasteiger partial charge on any atom is -0.399 e. The van der Waals surface area contributed by atoms with Gasteiger partial charge in [0.15, 0.2) is 5.78 Å². The van der Waals surface area contributed by atoms with E-state index in [0.717, 1.165) is 12.1 Å². The number of rotatable bonds is 3. The summed E-state index contributed by atoms with van der Waals surface area (Å²) in [6.07, 6.45) is -0.401. The van der Waals surface area contributed by atoms with Crippen LogP contribution in [0.1, 0.15) is 15.9 Å². The van der Waals surface area contributed by atoms with Gasteiger partial charge in [0.1, 0.15) is 11.6 Å². The second kappa shape index (κ2) is 5.36. The van der Waals surface area contributed by atoms with Crippen LogP contribution in [-0.4, -0.2) is 5.78 Å². The van der Waals surface area contributed by atoms with Crippen molar-refractivity contribution >= 4 is 23.1 Å². The lowest BCUT2D eigenvalue weighted by atomic mass is 10.0. The second-order valence-corrected chi connectivity index (χ2v) is 4.45. The van der Waals surface area contributed by atoms with E-state index in [2.05, 4.69) is 0 Å². The highest BCUT2D eigenvalue weighted by molar-refractivity contribution is 6.34. The molecular weight excluding hydrogens is 272 g/mol. The van der Waals surface area contributed by atoms with E-state index in [4.69, 9.17) is 17.3 Å². The number of carbonyl (C=O) groups excluding carboxylic acids is 1. The van der Waals surface area contributed by atoms with Crippen molar-refractivity contribution in [3.63, 3.8) is 0 Å². The molecule has 2 rings (SSSR count). The first-order valence-electron chi connectivity index (χ1n) is 5.50. The number of carbonyl (C=O) groups is 1. The lowest BCUT2D eigenvalue weighted by molar-refractivity contribution is 0.0990. The smallest absolute Gasteiger partial charge is 0.169 e. The van der Waals surface area contributed by atoms with E-state index in [1.807, 2.05) is 0 Å². The van der Waals surface area contributed by atoms with Gasteiger partial charge in [-0.15, -0.1) is 0 Å². The number of anilines is 1. The number of nitrogens with two attached hydrogens (primary N) is 1. The van der Waals surface area contributed by atoms with Crippen LogP contribution in [0.3, 0.4) is 0 Å². The Kier molecular flexibility index (Phi) is 3.81. The fourth-order valence-electron chi connectivity index (χ4n) is 1.71. The summed E-state index contributed by atoms with van der Waals surface area (Å²) < 4.78 is 26.9. The number of hydrogen-bond acceptors (Lipinski definition) is 2. The van der Waals surface area contributed by atoms with Gasteiger partial charge >= 0.3 is 0 Å². The first kappa shape index (κ1) is 13.5. The van der Waals surface area contributed by atoms with Gasteiger partial charge < -0.3 is 5.73 Å². The van der Waals surface area contributed by atoms with Gasteiger partial charge in [-0.2, -0.15) is 0 Å². The normalized spacial score (nSPS) is 10.5. The molecule has 0 radical (unpaired) electrons. The van der Waals surface area contributed by atoms with Crippen molar-refractivity contribution in [1.82, 2.24) is 0 Å². The highest BCUT2D eigenvalue weighted by atomic mass is 35.5. The van der Waals surface area contributed by atoms with E-state index in [-0.39, 0.29) is 16.1 Å². The quantitative estimate of drug-likeness (QED) is 0.690. The van der Waals surface area contributed by atoms with Crippen LogP contribution in [-0.2, 0) is 6.42 Å². The molecule has 0 fully saturated rings.